The van der Waals surface area contributed by atoms with Crippen molar-refractivity contribution in [1.29, 1.82) is 0 Å². The zero-order chi connectivity index (χ0) is 10.7. The van der Waals surface area contributed by atoms with Crippen LogP contribution < -0.4 is 10.0 Å². The summed E-state index contributed by atoms with van der Waals surface area (Å²) in [6.45, 7) is 0.224. The minimum absolute atomic E-state index is 0.00975. The van der Waals surface area contributed by atoms with Gasteiger partial charge in [-0.2, -0.15) is 0 Å². The third kappa shape index (κ3) is 2.28. The molecule has 0 saturated heterocycles. The first kappa shape index (κ1) is 11.1. The van der Waals surface area contributed by atoms with Crippen LogP contribution in [0, 0.1) is 5.82 Å². The Kier molecular flexibility index (Phi) is 3.56. The third-order valence-electron chi connectivity index (χ3n) is 1.81. The number of anilines is 1. The molecule has 14 heavy (non-hydrogen) atoms. The van der Waals surface area contributed by atoms with Crippen LogP contribution in [0.15, 0.2) is 18.2 Å². The van der Waals surface area contributed by atoms with E-state index >= 15 is 0 Å². The summed E-state index contributed by atoms with van der Waals surface area (Å²) >= 11 is -2.47. The summed E-state index contributed by atoms with van der Waals surface area (Å²) in [6, 6.07) is 4.19. The first-order valence-electron chi connectivity index (χ1n) is 3.88. The predicted octanol–water partition coefficient (Wildman–Crippen LogP) is 0.515. The van der Waals surface area contributed by atoms with Crippen molar-refractivity contribution in [2.75, 3.05) is 11.4 Å². The van der Waals surface area contributed by atoms with Gasteiger partial charge >= 0.3 is 0 Å². The summed E-state index contributed by atoms with van der Waals surface area (Å²) in [5.74, 6) is -0.598. The molecular formula is C8H10FN2O2S-. The van der Waals surface area contributed by atoms with Gasteiger partial charge in [0.05, 0.1) is 5.69 Å². The summed E-state index contributed by atoms with van der Waals surface area (Å²) in [6.07, 6.45) is 0. The van der Waals surface area contributed by atoms with Gasteiger partial charge in [-0.3, -0.25) is 4.21 Å². The SMILES string of the molecule is CN(c1ccc(CN)cc1F)S(=O)[O-]. The predicted molar refractivity (Wildman–Crippen MR) is 51.6 cm³/mol. The fraction of sp³-hybridized carbons (Fsp3) is 0.250. The molecule has 2 N–H and O–H groups in total. The summed E-state index contributed by atoms with van der Waals surface area (Å²) in [4.78, 5) is 0. The van der Waals surface area contributed by atoms with Crippen LogP contribution in [0.5, 0.6) is 0 Å². The Hall–Kier alpha value is -0.980. The molecule has 78 valence electrons. The van der Waals surface area contributed by atoms with Crippen LogP contribution in [0.4, 0.5) is 10.1 Å². The van der Waals surface area contributed by atoms with Gasteiger partial charge in [-0.15, -0.1) is 0 Å². The molecule has 1 rings (SSSR count). The van der Waals surface area contributed by atoms with Crippen LogP contribution >= 0.6 is 0 Å². The van der Waals surface area contributed by atoms with Gasteiger partial charge in [0, 0.05) is 24.9 Å². The number of hydrogen-bond donors (Lipinski definition) is 1. The number of nitrogens with two attached hydrogens (primary N) is 1. The molecule has 4 nitrogen and oxygen atoms in total. The molecule has 1 aromatic carbocycles. The summed E-state index contributed by atoms with van der Waals surface area (Å²) in [5.41, 5.74) is 5.93. The molecule has 0 fully saturated rings. The molecule has 0 aliphatic rings. The molecule has 0 aliphatic carbocycles. The molecule has 0 saturated carbocycles. The van der Waals surface area contributed by atoms with E-state index in [9.17, 15) is 13.2 Å². The maximum atomic E-state index is 13.3. The Morgan fingerprint density at radius 1 is 1.64 bits per heavy atom. The second-order valence-corrected chi connectivity index (χ2v) is 3.69. The molecular weight excluding hydrogens is 207 g/mol. The largest absolute Gasteiger partial charge is 0.755 e. The van der Waals surface area contributed by atoms with E-state index in [4.69, 9.17) is 5.73 Å². The van der Waals surface area contributed by atoms with Gasteiger partial charge in [-0.25, -0.2) is 4.39 Å². The van der Waals surface area contributed by atoms with E-state index in [2.05, 4.69) is 0 Å². The van der Waals surface area contributed by atoms with Crippen molar-refractivity contribution < 1.29 is 13.2 Å². The first-order valence-corrected chi connectivity index (χ1v) is 4.91. The van der Waals surface area contributed by atoms with Crippen LogP contribution in [0.3, 0.4) is 0 Å². The maximum absolute atomic E-state index is 13.3. The first-order chi connectivity index (χ1) is 6.56. The van der Waals surface area contributed by atoms with Gasteiger partial charge in [0.15, 0.2) is 0 Å². The topological polar surface area (TPSA) is 69.4 Å². The van der Waals surface area contributed by atoms with E-state index in [0.29, 0.717) is 5.56 Å². The minimum atomic E-state index is -2.47. The van der Waals surface area contributed by atoms with Gasteiger partial charge < -0.3 is 14.6 Å². The monoisotopic (exact) mass is 217 g/mol. The van der Waals surface area contributed by atoms with E-state index in [0.717, 1.165) is 4.31 Å². The maximum Gasteiger partial charge on any atom is 0.147 e. The lowest BCUT2D eigenvalue weighted by Gasteiger charge is -2.21. The summed E-state index contributed by atoms with van der Waals surface area (Å²) in [5, 5.41) is 0. The standard InChI is InChI=1S/C8H11FN2O2S/c1-11(14(12)13)8-3-2-6(5-10)4-7(8)9/h2-4H,5,10H2,1H3,(H,12,13)/p-1. The minimum Gasteiger partial charge on any atom is -0.755 e. The van der Waals surface area contributed by atoms with E-state index in [-0.39, 0.29) is 12.2 Å². The Morgan fingerprint density at radius 3 is 2.71 bits per heavy atom. The van der Waals surface area contributed by atoms with E-state index in [1.807, 2.05) is 0 Å². The molecule has 1 aromatic rings. The number of hydrogen-bond acceptors (Lipinski definition) is 3. The highest BCUT2D eigenvalue weighted by molar-refractivity contribution is 7.80. The van der Waals surface area contributed by atoms with Crippen LogP contribution in [0.2, 0.25) is 0 Å². The van der Waals surface area contributed by atoms with Crippen molar-refractivity contribution in [3.05, 3.63) is 29.6 Å². The van der Waals surface area contributed by atoms with Gasteiger partial charge in [-0.05, 0) is 17.7 Å². The zero-order valence-corrected chi connectivity index (χ0v) is 8.38. The molecule has 1 atom stereocenters. The smallest absolute Gasteiger partial charge is 0.147 e. The molecule has 0 bridgehead atoms. The number of benzene rings is 1. The van der Waals surface area contributed by atoms with Crippen LogP contribution in [0.1, 0.15) is 5.56 Å². The molecule has 0 heterocycles. The van der Waals surface area contributed by atoms with Crippen molar-refractivity contribution in [1.82, 2.24) is 0 Å². The number of halogens is 1. The van der Waals surface area contributed by atoms with Gasteiger partial charge in [0.25, 0.3) is 0 Å². The fourth-order valence-electron chi connectivity index (χ4n) is 1.01. The molecule has 0 radical (unpaired) electrons. The molecule has 6 heteroatoms. The molecule has 0 spiro atoms. The van der Waals surface area contributed by atoms with Crippen LogP contribution in [-0.2, 0) is 17.8 Å². The number of nitrogens with zero attached hydrogens (tertiary/aromatic N) is 1. The molecule has 0 aliphatic heterocycles. The van der Waals surface area contributed by atoms with Crippen LogP contribution in [0.25, 0.3) is 0 Å². The zero-order valence-electron chi connectivity index (χ0n) is 7.57. The van der Waals surface area contributed by atoms with Gasteiger partial charge in [-0.1, -0.05) is 6.07 Å². The van der Waals surface area contributed by atoms with Crippen molar-refractivity contribution in [3.8, 4) is 0 Å². The van der Waals surface area contributed by atoms with E-state index < -0.39 is 17.1 Å². The lowest BCUT2D eigenvalue weighted by Crippen LogP contribution is -2.20. The highest BCUT2D eigenvalue weighted by Gasteiger charge is 2.07. The molecule has 0 amide bonds. The average Bonchev–Trinajstić information content (AvgIpc) is 2.16. The third-order valence-corrected chi connectivity index (χ3v) is 2.45. The van der Waals surface area contributed by atoms with Crippen molar-refractivity contribution in [2.45, 2.75) is 6.54 Å². The van der Waals surface area contributed by atoms with Gasteiger partial charge in [0.1, 0.15) is 5.82 Å². The second kappa shape index (κ2) is 4.50. The lowest BCUT2D eigenvalue weighted by molar-refractivity contribution is 0.533. The highest BCUT2D eigenvalue weighted by Crippen LogP contribution is 2.19. The summed E-state index contributed by atoms with van der Waals surface area (Å²) in [7, 11) is 1.27. The van der Waals surface area contributed by atoms with Gasteiger partial charge in [0.2, 0.25) is 0 Å². The lowest BCUT2D eigenvalue weighted by atomic mass is 10.2. The fourth-order valence-corrected chi connectivity index (χ4v) is 1.32. The van der Waals surface area contributed by atoms with Crippen molar-refractivity contribution in [2.24, 2.45) is 5.73 Å². The summed E-state index contributed by atoms with van der Waals surface area (Å²) < 4.78 is 35.2. The van der Waals surface area contributed by atoms with Crippen molar-refractivity contribution >= 4 is 17.0 Å². The van der Waals surface area contributed by atoms with E-state index in [1.54, 1.807) is 6.07 Å². The van der Waals surface area contributed by atoms with Crippen molar-refractivity contribution in [3.63, 3.8) is 0 Å². The Bertz CT molecular complexity index is 359. The Balaban J connectivity index is 3.05. The Labute approximate surface area is 83.9 Å². The molecule has 0 aromatic heterocycles. The van der Waals surface area contributed by atoms with E-state index in [1.165, 1.54) is 19.2 Å². The van der Waals surface area contributed by atoms with Crippen LogP contribution in [-0.4, -0.2) is 15.8 Å². The Morgan fingerprint density at radius 2 is 2.29 bits per heavy atom. The second-order valence-electron chi connectivity index (χ2n) is 2.70. The highest BCUT2D eigenvalue weighted by atomic mass is 32.2. The number of rotatable bonds is 3. The molecule has 1 unspecified atom stereocenters. The quantitative estimate of drug-likeness (QED) is 0.750. The average molecular weight is 217 g/mol. The normalized spacial score (nSPS) is 12.6.